The summed E-state index contributed by atoms with van der Waals surface area (Å²) in [6.07, 6.45) is 3.62. The van der Waals surface area contributed by atoms with E-state index in [1.807, 2.05) is 47.0 Å². The third-order valence-electron chi connectivity index (χ3n) is 3.90. The minimum absolute atomic E-state index is 0.357. The van der Waals surface area contributed by atoms with Crippen molar-refractivity contribution in [1.82, 2.24) is 14.6 Å². The van der Waals surface area contributed by atoms with Crippen molar-refractivity contribution in [2.45, 2.75) is 9.79 Å². The molecule has 0 N–H and O–H groups in total. The van der Waals surface area contributed by atoms with E-state index in [9.17, 15) is 8.78 Å². The summed E-state index contributed by atoms with van der Waals surface area (Å²) in [5.41, 5.74) is 2.63. The molecule has 0 spiro atoms. The third kappa shape index (κ3) is 3.11. The topological polar surface area (TPSA) is 30.2 Å². The van der Waals surface area contributed by atoms with Gasteiger partial charge in [0.25, 0.3) is 0 Å². The lowest BCUT2D eigenvalue weighted by molar-refractivity contribution is 0.565. The van der Waals surface area contributed by atoms with E-state index in [0.29, 0.717) is 16.4 Å². The number of pyridine rings is 1. The normalized spacial score (nSPS) is 11.0. The van der Waals surface area contributed by atoms with Crippen molar-refractivity contribution in [3.63, 3.8) is 0 Å². The minimum atomic E-state index is -0.591. The quantitative estimate of drug-likeness (QED) is 0.480. The summed E-state index contributed by atoms with van der Waals surface area (Å²) in [6.45, 7) is 3.75. The van der Waals surface area contributed by atoms with Crippen LogP contribution in [0.1, 0.15) is 5.56 Å². The Kier molecular flexibility index (Phi) is 4.26. The molecule has 0 aliphatic carbocycles. The van der Waals surface area contributed by atoms with Crippen molar-refractivity contribution in [2.75, 3.05) is 0 Å². The molecule has 0 saturated heterocycles. The largest absolute Gasteiger partial charge is 0.281 e. The first kappa shape index (κ1) is 16.5. The highest BCUT2D eigenvalue weighted by molar-refractivity contribution is 7.99. The van der Waals surface area contributed by atoms with Crippen LogP contribution in [0, 0.1) is 11.6 Å². The lowest BCUT2D eigenvalue weighted by atomic mass is 10.1. The van der Waals surface area contributed by atoms with Crippen LogP contribution in [0.25, 0.3) is 23.1 Å². The molecule has 0 radical (unpaired) electrons. The van der Waals surface area contributed by atoms with Gasteiger partial charge in [0.1, 0.15) is 11.6 Å². The van der Waals surface area contributed by atoms with Crippen LogP contribution in [-0.4, -0.2) is 14.6 Å². The van der Waals surface area contributed by atoms with E-state index < -0.39 is 11.6 Å². The predicted molar refractivity (Wildman–Crippen MR) is 99.0 cm³/mol. The Morgan fingerprint density at radius 3 is 2.50 bits per heavy atom. The van der Waals surface area contributed by atoms with E-state index in [-0.39, 0.29) is 0 Å². The zero-order chi connectivity index (χ0) is 18.1. The van der Waals surface area contributed by atoms with Gasteiger partial charge in [-0.1, -0.05) is 48.7 Å². The Balaban J connectivity index is 1.73. The molecule has 3 nitrogen and oxygen atoms in total. The summed E-state index contributed by atoms with van der Waals surface area (Å²) < 4.78 is 28.8. The van der Waals surface area contributed by atoms with Gasteiger partial charge in [0.15, 0.2) is 11.5 Å². The fourth-order valence-corrected chi connectivity index (χ4v) is 3.42. The number of fused-ring (bicyclic) bond motifs is 1. The fourth-order valence-electron chi connectivity index (χ4n) is 2.58. The monoisotopic (exact) mass is 365 g/mol. The Labute approximate surface area is 153 Å². The molecule has 4 rings (SSSR count). The van der Waals surface area contributed by atoms with Crippen LogP contribution in [0.2, 0.25) is 0 Å². The zero-order valence-corrected chi connectivity index (χ0v) is 14.4. The summed E-state index contributed by atoms with van der Waals surface area (Å²) in [7, 11) is 0. The average Bonchev–Trinajstić information content (AvgIpc) is 3.07. The number of hydrogen-bond donors (Lipinski definition) is 0. The standard InChI is InChI=1S/C20H13F2N3S/c1-2-13-3-5-14(6-4-13)20-24-23-19-10-8-16(12-25(19)20)26-18-9-7-15(21)11-17(18)22/h2-12H,1H2. The molecule has 128 valence electrons. The van der Waals surface area contributed by atoms with Crippen molar-refractivity contribution in [1.29, 1.82) is 0 Å². The molecule has 2 aromatic carbocycles. The first-order chi connectivity index (χ1) is 12.6. The molecular weight excluding hydrogens is 352 g/mol. The van der Waals surface area contributed by atoms with Crippen LogP contribution in [0.4, 0.5) is 8.78 Å². The van der Waals surface area contributed by atoms with Crippen LogP contribution in [0.5, 0.6) is 0 Å². The third-order valence-corrected chi connectivity index (χ3v) is 4.93. The molecule has 0 saturated carbocycles. The molecule has 0 bridgehead atoms. The molecule has 0 atom stereocenters. The Bertz CT molecular complexity index is 1100. The highest BCUT2D eigenvalue weighted by Crippen LogP contribution is 2.31. The summed E-state index contributed by atoms with van der Waals surface area (Å²) in [5, 5.41) is 8.43. The van der Waals surface area contributed by atoms with Gasteiger partial charge in [-0.15, -0.1) is 10.2 Å². The molecule has 26 heavy (non-hydrogen) atoms. The fraction of sp³-hybridized carbons (Fsp3) is 0. The van der Waals surface area contributed by atoms with Gasteiger partial charge < -0.3 is 0 Å². The van der Waals surface area contributed by atoms with Gasteiger partial charge in [0, 0.05) is 27.6 Å². The van der Waals surface area contributed by atoms with Gasteiger partial charge >= 0.3 is 0 Å². The van der Waals surface area contributed by atoms with Crippen molar-refractivity contribution in [2.24, 2.45) is 0 Å². The van der Waals surface area contributed by atoms with E-state index in [2.05, 4.69) is 16.8 Å². The average molecular weight is 365 g/mol. The molecule has 2 aromatic heterocycles. The van der Waals surface area contributed by atoms with Gasteiger partial charge in [-0.05, 0) is 29.8 Å². The molecule has 0 fully saturated rings. The number of aromatic nitrogens is 3. The second kappa shape index (κ2) is 6.72. The maximum atomic E-state index is 13.9. The number of benzene rings is 2. The number of halogens is 2. The summed E-state index contributed by atoms with van der Waals surface area (Å²) >= 11 is 1.22. The minimum Gasteiger partial charge on any atom is -0.281 e. The van der Waals surface area contributed by atoms with E-state index in [4.69, 9.17) is 0 Å². The van der Waals surface area contributed by atoms with Crippen molar-refractivity contribution >= 4 is 23.5 Å². The molecular formula is C20H13F2N3S. The molecule has 0 aliphatic heterocycles. The van der Waals surface area contributed by atoms with Crippen LogP contribution >= 0.6 is 11.8 Å². The van der Waals surface area contributed by atoms with Crippen molar-refractivity contribution in [3.05, 3.63) is 84.6 Å². The summed E-state index contributed by atoms with van der Waals surface area (Å²) in [5.74, 6) is -0.483. The molecule has 0 amide bonds. The Morgan fingerprint density at radius 2 is 1.77 bits per heavy atom. The number of rotatable bonds is 4. The maximum absolute atomic E-state index is 13.9. The van der Waals surface area contributed by atoms with Gasteiger partial charge in [0.05, 0.1) is 0 Å². The first-order valence-corrected chi connectivity index (χ1v) is 8.66. The van der Waals surface area contributed by atoms with Gasteiger partial charge in [-0.3, -0.25) is 4.40 Å². The first-order valence-electron chi connectivity index (χ1n) is 7.84. The SMILES string of the molecule is C=Cc1ccc(-c2nnc3ccc(Sc4ccc(F)cc4F)cn23)cc1. The number of nitrogens with zero attached hydrogens (tertiary/aromatic N) is 3. The zero-order valence-electron chi connectivity index (χ0n) is 13.6. The summed E-state index contributed by atoms with van der Waals surface area (Å²) in [4.78, 5) is 1.16. The van der Waals surface area contributed by atoms with Crippen molar-refractivity contribution < 1.29 is 8.78 Å². The van der Waals surface area contributed by atoms with Crippen LogP contribution in [-0.2, 0) is 0 Å². The number of hydrogen-bond acceptors (Lipinski definition) is 3. The Hall–Kier alpha value is -2.99. The van der Waals surface area contributed by atoms with Gasteiger partial charge in [0.2, 0.25) is 0 Å². The summed E-state index contributed by atoms with van der Waals surface area (Å²) in [6, 6.07) is 15.0. The lowest BCUT2D eigenvalue weighted by Gasteiger charge is -2.06. The van der Waals surface area contributed by atoms with E-state index in [0.717, 1.165) is 22.1 Å². The highest BCUT2D eigenvalue weighted by atomic mass is 32.2. The van der Waals surface area contributed by atoms with E-state index in [1.54, 1.807) is 6.08 Å². The molecule has 0 aliphatic rings. The second-order valence-electron chi connectivity index (χ2n) is 5.62. The second-order valence-corrected chi connectivity index (χ2v) is 6.73. The molecule has 4 aromatic rings. The maximum Gasteiger partial charge on any atom is 0.168 e. The van der Waals surface area contributed by atoms with E-state index in [1.165, 1.54) is 23.9 Å². The highest BCUT2D eigenvalue weighted by Gasteiger charge is 2.11. The molecule has 6 heteroatoms. The smallest absolute Gasteiger partial charge is 0.168 e. The Morgan fingerprint density at radius 1 is 0.962 bits per heavy atom. The van der Waals surface area contributed by atoms with Crippen LogP contribution in [0.3, 0.4) is 0 Å². The van der Waals surface area contributed by atoms with E-state index >= 15 is 0 Å². The van der Waals surface area contributed by atoms with Crippen LogP contribution < -0.4 is 0 Å². The molecule has 0 unspecified atom stereocenters. The molecule has 2 heterocycles. The van der Waals surface area contributed by atoms with Crippen LogP contribution in [0.15, 0.2) is 77.2 Å². The predicted octanol–water partition coefficient (Wildman–Crippen LogP) is 5.47. The van der Waals surface area contributed by atoms with Crippen molar-refractivity contribution in [3.8, 4) is 11.4 Å². The lowest BCUT2D eigenvalue weighted by Crippen LogP contribution is -1.91. The van der Waals surface area contributed by atoms with Gasteiger partial charge in [-0.25, -0.2) is 8.78 Å². The van der Waals surface area contributed by atoms with Gasteiger partial charge in [-0.2, -0.15) is 0 Å².